The van der Waals surface area contributed by atoms with Crippen LogP contribution in [0.2, 0.25) is 0 Å². The van der Waals surface area contributed by atoms with Gasteiger partial charge in [0.25, 0.3) is 0 Å². The molecule has 96 valence electrons. The monoisotopic (exact) mass is 261 g/mol. The van der Waals surface area contributed by atoms with Crippen LogP contribution in [0.3, 0.4) is 0 Å². The number of nitrogens with one attached hydrogen (secondary N) is 1. The highest BCUT2D eigenvalue weighted by Crippen LogP contribution is 2.19. The second kappa shape index (κ2) is 6.07. The minimum Gasteiger partial charge on any atom is -0.306 e. The van der Waals surface area contributed by atoms with Crippen LogP contribution in [0, 0.1) is 0 Å². The number of rotatable bonds is 5. The van der Waals surface area contributed by atoms with Crippen molar-refractivity contribution in [3.63, 3.8) is 0 Å². The quantitative estimate of drug-likeness (QED) is 0.839. The number of benzene rings is 1. The van der Waals surface area contributed by atoms with E-state index in [1.54, 1.807) is 11.8 Å². The largest absolute Gasteiger partial charge is 0.306 e. The topological polar surface area (TPSA) is 29.9 Å². The van der Waals surface area contributed by atoms with Crippen molar-refractivity contribution in [2.45, 2.75) is 24.4 Å². The van der Waals surface area contributed by atoms with E-state index in [-0.39, 0.29) is 0 Å². The highest BCUT2D eigenvalue weighted by molar-refractivity contribution is 7.98. The lowest BCUT2D eigenvalue weighted by molar-refractivity contribution is 0.574. The molecular weight excluding hydrogens is 242 g/mol. The molecule has 2 rings (SSSR count). The smallest absolute Gasteiger partial charge is 0.0534 e. The summed E-state index contributed by atoms with van der Waals surface area (Å²) in [5, 5.41) is 7.67. The lowest BCUT2D eigenvalue weighted by Gasteiger charge is -2.13. The molecular formula is C14H19N3S. The molecule has 0 saturated carbocycles. The third-order valence-electron chi connectivity index (χ3n) is 2.99. The van der Waals surface area contributed by atoms with E-state index in [0.29, 0.717) is 6.04 Å². The summed E-state index contributed by atoms with van der Waals surface area (Å²) >= 11 is 1.77. The molecule has 3 nitrogen and oxygen atoms in total. The number of aryl methyl sites for hydroxylation is 1. The zero-order valence-corrected chi connectivity index (χ0v) is 11.9. The molecule has 0 amide bonds. The van der Waals surface area contributed by atoms with Crippen LogP contribution in [0.15, 0.2) is 41.6 Å². The van der Waals surface area contributed by atoms with E-state index in [0.717, 1.165) is 6.54 Å². The third-order valence-corrected chi connectivity index (χ3v) is 3.73. The SMILES string of the molecule is CSc1ccc(C(C)NCc2cnn(C)c2)cc1. The van der Waals surface area contributed by atoms with E-state index in [9.17, 15) is 0 Å². The van der Waals surface area contributed by atoms with Crippen LogP contribution in [0.1, 0.15) is 24.1 Å². The van der Waals surface area contributed by atoms with Crippen molar-refractivity contribution in [2.75, 3.05) is 6.26 Å². The normalized spacial score (nSPS) is 12.6. The van der Waals surface area contributed by atoms with E-state index in [4.69, 9.17) is 0 Å². The fourth-order valence-electron chi connectivity index (χ4n) is 1.84. The van der Waals surface area contributed by atoms with Crippen molar-refractivity contribution in [1.82, 2.24) is 15.1 Å². The Bertz CT molecular complexity index is 490. The van der Waals surface area contributed by atoms with Gasteiger partial charge in [-0.3, -0.25) is 4.68 Å². The summed E-state index contributed by atoms with van der Waals surface area (Å²) in [4.78, 5) is 1.30. The maximum absolute atomic E-state index is 4.16. The average Bonchev–Trinajstić information content (AvgIpc) is 2.82. The predicted molar refractivity (Wildman–Crippen MR) is 76.7 cm³/mol. The lowest BCUT2D eigenvalue weighted by atomic mass is 10.1. The Morgan fingerprint density at radius 1 is 1.33 bits per heavy atom. The maximum atomic E-state index is 4.16. The molecule has 0 aliphatic heterocycles. The molecule has 1 aromatic heterocycles. The van der Waals surface area contributed by atoms with Crippen LogP contribution in [-0.2, 0) is 13.6 Å². The first-order valence-electron chi connectivity index (χ1n) is 6.04. The van der Waals surface area contributed by atoms with Gasteiger partial charge >= 0.3 is 0 Å². The molecule has 0 aliphatic rings. The molecule has 1 atom stereocenters. The molecule has 1 unspecified atom stereocenters. The van der Waals surface area contributed by atoms with Crippen LogP contribution < -0.4 is 5.32 Å². The Morgan fingerprint density at radius 3 is 2.61 bits per heavy atom. The van der Waals surface area contributed by atoms with Crippen molar-refractivity contribution in [3.05, 3.63) is 47.8 Å². The summed E-state index contributed by atoms with van der Waals surface area (Å²) in [6.07, 6.45) is 6.03. The molecule has 4 heteroatoms. The zero-order chi connectivity index (χ0) is 13.0. The minimum atomic E-state index is 0.348. The van der Waals surface area contributed by atoms with Gasteiger partial charge in [-0.25, -0.2) is 0 Å². The standard InChI is InChI=1S/C14H19N3S/c1-11(13-4-6-14(18-3)7-5-13)15-8-12-9-16-17(2)10-12/h4-7,9-11,15H,8H2,1-3H3. The summed E-state index contributed by atoms with van der Waals surface area (Å²) in [5.41, 5.74) is 2.53. The molecule has 0 aliphatic carbocycles. The van der Waals surface area contributed by atoms with Crippen molar-refractivity contribution in [3.8, 4) is 0 Å². The number of hydrogen-bond donors (Lipinski definition) is 1. The summed E-state index contributed by atoms with van der Waals surface area (Å²) < 4.78 is 1.83. The Hall–Kier alpha value is -1.26. The second-order valence-corrected chi connectivity index (χ2v) is 5.28. The fraction of sp³-hybridized carbons (Fsp3) is 0.357. The Morgan fingerprint density at radius 2 is 2.06 bits per heavy atom. The van der Waals surface area contributed by atoms with Crippen LogP contribution in [0.4, 0.5) is 0 Å². The van der Waals surface area contributed by atoms with Gasteiger partial charge in [0.15, 0.2) is 0 Å². The van der Waals surface area contributed by atoms with E-state index >= 15 is 0 Å². The summed E-state index contributed by atoms with van der Waals surface area (Å²) in [6, 6.07) is 9.06. The lowest BCUT2D eigenvalue weighted by Crippen LogP contribution is -2.17. The molecule has 18 heavy (non-hydrogen) atoms. The molecule has 1 aromatic carbocycles. The Kier molecular flexibility index (Phi) is 4.44. The van der Waals surface area contributed by atoms with Gasteiger partial charge < -0.3 is 5.32 Å². The average molecular weight is 261 g/mol. The van der Waals surface area contributed by atoms with Crippen LogP contribution >= 0.6 is 11.8 Å². The highest BCUT2D eigenvalue weighted by atomic mass is 32.2. The third kappa shape index (κ3) is 3.37. The first-order valence-corrected chi connectivity index (χ1v) is 7.26. The van der Waals surface area contributed by atoms with E-state index in [1.807, 2.05) is 24.1 Å². The van der Waals surface area contributed by atoms with Crippen molar-refractivity contribution in [2.24, 2.45) is 7.05 Å². The molecule has 2 aromatic rings. The van der Waals surface area contributed by atoms with Crippen LogP contribution in [-0.4, -0.2) is 16.0 Å². The van der Waals surface area contributed by atoms with Gasteiger partial charge in [-0.15, -0.1) is 11.8 Å². The predicted octanol–water partition coefficient (Wildman–Crippen LogP) is 2.99. The van der Waals surface area contributed by atoms with Crippen molar-refractivity contribution in [1.29, 1.82) is 0 Å². The first kappa shape index (κ1) is 13.2. The summed E-state index contributed by atoms with van der Waals surface area (Å²) in [7, 11) is 1.94. The van der Waals surface area contributed by atoms with E-state index < -0.39 is 0 Å². The van der Waals surface area contributed by atoms with Crippen LogP contribution in [0.25, 0.3) is 0 Å². The zero-order valence-electron chi connectivity index (χ0n) is 11.1. The molecule has 0 bridgehead atoms. The fourth-order valence-corrected chi connectivity index (χ4v) is 2.25. The van der Waals surface area contributed by atoms with Gasteiger partial charge in [-0.2, -0.15) is 5.10 Å². The maximum Gasteiger partial charge on any atom is 0.0534 e. The van der Waals surface area contributed by atoms with Gasteiger partial charge in [-0.05, 0) is 30.9 Å². The first-order chi connectivity index (χ1) is 8.69. The number of hydrogen-bond acceptors (Lipinski definition) is 3. The highest BCUT2D eigenvalue weighted by Gasteiger charge is 2.05. The van der Waals surface area contributed by atoms with Gasteiger partial charge in [0.05, 0.1) is 6.20 Å². The van der Waals surface area contributed by atoms with E-state index in [2.05, 4.69) is 47.9 Å². The van der Waals surface area contributed by atoms with Crippen molar-refractivity contribution >= 4 is 11.8 Å². The van der Waals surface area contributed by atoms with Gasteiger partial charge in [0.1, 0.15) is 0 Å². The van der Waals surface area contributed by atoms with Crippen molar-refractivity contribution < 1.29 is 0 Å². The second-order valence-electron chi connectivity index (χ2n) is 4.40. The van der Waals surface area contributed by atoms with Crippen LogP contribution in [0.5, 0.6) is 0 Å². The number of nitrogens with zero attached hydrogens (tertiary/aromatic N) is 2. The summed E-state index contributed by atoms with van der Waals surface area (Å²) in [5.74, 6) is 0. The van der Waals surface area contributed by atoms with E-state index in [1.165, 1.54) is 16.0 Å². The van der Waals surface area contributed by atoms with Gasteiger partial charge in [0, 0.05) is 36.3 Å². The molecule has 0 saturated heterocycles. The molecule has 0 radical (unpaired) electrons. The van der Waals surface area contributed by atoms with Gasteiger partial charge in [-0.1, -0.05) is 12.1 Å². The van der Waals surface area contributed by atoms with Gasteiger partial charge in [0.2, 0.25) is 0 Å². The molecule has 0 spiro atoms. The molecule has 1 N–H and O–H groups in total. The number of thioether (sulfide) groups is 1. The minimum absolute atomic E-state index is 0.348. The molecule has 1 heterocycles. The Balaban J connectivity index is 1.92. The number of aromatic nitrogens is 2. The summed E-state index contributed by atoms with van der Waals surface area (Å²) in [6.45, 7) is 3.03. The molecule has 0 fully saturated rings. The Labute approximate surface area is 113 Å².